The Balaban J connectivity index is 1.76. The summed E-state index contributed by atoms with van der Waals surface area (Å²) in [5, 5.41) is 0. The number of carbonyl (C=O) groups is 1. The molecule has 1 aromatic heterocycles. The predicted octanol–water partition coefficient (Wildman–Crippen LogP) is 6.94. The molecule has 37 heavy (non-hydrogen) atoms. The molecule has 0 aliphatic carbocycles. The lowest BCUT2D eigenvalue weighted by atomic mass is 10.0. The van der Waals surface area contributed by atoms with Gasteiger partial charge in [0.25, 0.3) is 0 Å². The van der Waals surface area contributed by atoms with Crippen molar-refractivity contribution in [1.29, 1.82) is 0 Å². The summed E-state index contributed by atoms with van der Waals surface area (Å²) in [6, 6.07) is 13.5. The summed E-state index contributed by atoms with van der Waals surface area (Å²) in [5.41, 5.74) is 0.738. The molecule has 3 rings (SSSR count). The van der Waals surface area contributed by atoms with Crippen molar-refractivity contribution in [3.8, 4) is 28.5 Å². The van der Waals surface area contributed by atoms with Crippen molar-refractivity contribution >= 4 is 5.97 Å². The minimum atomic E-state index is -4.39. The standard InChI is InChI=1S/C28H30F3NO5/c1-7-35-26(33)27(4,5)37-24-15-12-21(16-25(24)34-6)36-18(3)22-13-14-23(32-17(22)2)19-8-10-20(11-9-19)28(29,30)31/h8-16,18H,7H2,1-6H3. The average molecular weight is 518 g/mol. The van der Waals surface area contributed by atoms with Crippen LogP contribution in [-0.2, 0) is 15.7 Å². The second-order valence-electron chi connectivity index (χ2n) is 8.85. The third-order valence-electron chi connectivity index (χ3n) is 5.65. The van der Waals surface area contributed by atoms with E-state index in [2.05, 4.69) is 4.98 Å². The van der Waals surface area contributed by atoms with Gasteiger partial charge < -0.3 is 18.9 Å². The zero-order valence-electron chi connectivity index (χ0n) is 21.6. The molecule has 0 spiro atoms. The molecule has 9 heteroatoms. The molecule has 0 radical (unpaired) electrons. The maximum absolute atomic E-state index is 12.8. The Kier molecular flexibility index (Phi) is 8.35. The molecule has 0 aliphatic rings. The number of halogens is 3. The van der Waals surface area contributed by atoms with Crippen molar-refractivity contribution in [2.45, 2.75) is 52.5 Å². The van der Waals surface area contributed by atoms with Gasteiger partial charge in [-0.1, -0.05) is 18.2 Å². The minimum Gasteiger partial charge on any atom is -0.493 e. The first-order chi connectivity index (χ1) is 17.4. The van der Waals surface area contributed by atoms with Crippen LogP contribution in [0.15, 0.2) is 54.6 Å². The van der Waals surface area contributed by atoms with E-state index in [4.69, 9.17) is 18.9 Å². The van der Waals surface area contributed by atoms with E-state index in [1.165, 1.54) is 19.2 Å². The molecule has 2 aromatic carbocycles. The molecule has 0 fully saturated rings. The molecular weight excluding hydrogens is 487 g/mol. The van der Waals surface area contributed by atoms with Gasteiger partial charge in [-0.3, -0.25) is 4.98 Å². The number of pyridine rings is 1. The largest absolute Gasteiger partial charge is 0.493 e. The molecule has 0 amide bonds. The summed E-state index contributed by atoms with van der Waals surface area (Å²) in [7, 11) is 1.49. The number of alkyl halides is 3. The smallest absolute Gasteiger partial charge is 0.416 e. The molecule has 6 nitrogen and oxygen atoms in total. The quantitative estimate of drug-likeness (QED) is 0.286. The number of rotatable bonds is 9. The lowest BCUT2D eigenvalue weighted by molar-refractivity contribution is -0.158. The van der Waals surface area contributed by atoms with Crippen molar-refractivity contribution in [3.63, 3.8) is 0 Å². The van der Waals surface area contributed by atoms with Gasteiger partial charge in [-0.15, -0.1) is 0 Å². The topological polar surface area (TPSA) is 66.9 Å². The van der Waals surface area contributed by atoms with Crippen LogP contribution in [0.5, 0.6) is 17.2 Å². The number of carbonyl (C=O) groups excluding carboxylic acids is 1. The molecule has 198 valence electrons. The molecule has 1 atom stereocenters. The Morgan fingerprint density at radius 2 is 1.68 bits per heavy atom. The van der Waals surface area contributed by atoms with E-state index in [1.807, 2.05) is 19.9 Å². The minimum absolute atomic E-state index is 0.243. The first kappa shape index (κ1) is 27.8. The van der Waals surface area contributed by atoms with Gasteiger partial charge in [0.05, 0.1) is 25.0 Å². The van der Waals surface area contributed by atoms with Crippen molar-refractivity contribution in [2.75, 3.05) is 13.7 Å². The van der Waals surface area contributed by atoms with Crippen LogP contribution in [0.2, 0.25) is 0 Å². The maximum Gasteiger partial charge on any atom is 0.416 e. The van der Waals surface area contributed by atoms with E-state index in [9.17, 15) is 18.0 Å². The van der Waals surface area contributed by atoms with Crippen LogP contribution < -0.4 is 14.2 Å². The van der Waals surface area contributed by atoms with Crippen molar-refractivity contribution in [3.05, 3.63) is 71.4 Å². The fourth-order valence-electron chi connectivity index (χ4n) is 3.69. The van der Waals surface area contributed by atoms with Crippen LogP contribution in [0.25, 0.3) is 11.3 Å². The van der Waals surface area contributed by atoms with Gasteiger partial charge in [0.15, 0.2) is 17.1 Å². The molecule has 1 heterocycles. The molecule has 3 aromatic rings. The number of nitrogens with zero attached hydrogens (tertiary/aromatic N) is 1. The van der Waals surface area contributed by atoms with Gasteiger partial charge in [-0.25, -0.2) is 4.79 Å². The third-order valence-corrected chi connectivity index (χ3v) is 5.65. The van der Waals surface area contributed by atoms with Crippen molar-refractivity contribution < 1.29 is 36.9 Å². The number of aryl methyl sites for hydroxylation is 1. The van der Waals surface area contributed by atoms with E-state index in [-0.39, 0.29) is 12.7 Å². The van der Waals surface area contributed by atoms with Crippen LogP contribution in [0.3, 0.4) is 0 Å². The number of hydrogen-bond acceptors (Lipinski definition) is 6. The van der Waals surface area contributed by atoms with Gasteiger partial charge >= 0.3 is 12.1 Å². The Hall–Kier alpha value is -3.75. The summed E-state index contributed by atoms with van der Waals surface area (Å²) >= 11 is 0. The summed E-state index contributed by atoms with van der Waals surface area (Å²) in [6.07, 6.45) is -4.77. The van der Waals surface area contributed by atoms with Crippen molar-refractivity contribution in [2.24, 2.45) is 0 Å². The Labute approximate surface area is 214 Å². The first-order valence-corrected chi connectivity index (χ1v) is 11.7. The number of benzene rings is 2. The van der Waals surface area contributed by atoms with Crippen LogP contribution in [0.4, 0.5) is 13.2 Å². The molecule has 0 saturated heterocycles. The third kappa shape index (κ3) is 6.72. The lowest BCUT2D eigenvalue weighted by Crippen LogP contribution is -2.39. The molecule has 0 N–H and O–H groups in total. The monoisotopic (exact) mass is 517 g/mol. The second-order valence-corrected chi connectivity index (χ2v) is 8.85. The van der Waals surface area contributed by atoms with Gasteiger partial charge in [0.1, 0.15) is 11.9 Å². The van der Waals surface area contributed by atoms with E-state index < -0.39 is 23.3 Å². The molecule has 1 unspecified atom stereocenters. The highest BCUT2D eigenvalue weighted by atomic mass is 19.4. The zero-order chi connectivity index (χ0) is 27.4. The van der Waals surface area contributed by atoms with Gasteiger partial charge in [0.2, 0.25) is 0 Å². The number of ether oxygens (including phenoxy) is 4. The fourth-order valence-corrected chi connectivity index (χ4v) is 3.69. The molecule has 0 aliphatic heterocycles. The highest BCUT2D eigenvalue weighted by Crippen LogP contribution is 2.36. The second kappa shape index (κ2) is 11.1. The lowest BCUT2D eigenvalue weighted by Gasteiger charge is -2.25. The molecular formula is C28H30F3NO5. The van der Waals surface area contributed by atoms with E-state index >= 15 is 0 Å². The van der Waals surface area contributed by atoms with Crippen molar-refractivity contribution in [1.82, 2.24) is 4.98 Å². The maximum atomic E-state index is 12.8. The van der Waals surface area contributed by atoms with Gasteiger partial charge in [-0.2, -0.15) is 13.2 Å². The summed E-state index contributed by atoms with van der Waals surface area (Å²) in [4.78, 5) is 16.7. The van der Waals surface area contributed by atoms with E-state index in [1.54, 1.807) is 45.0 Å². The van der Waals surface area contributed by atoms with Crippen LogP contribution in [0, 0.1) is 6.92 Å². The Morgan fingerprint density at radius 3 is 2.24 bits per heavy atom. The zero-order valence-corrected chi connectivity index (χ0v) is 21.6. The summed E-state index contributed by atoms with van der Waals surface area (Å²) in [5.74, 6) is 0.763. The number of esters is 1. The highest BCUT2D eigenvalue weighted by molar-refractivity contribution is 5.79. The summed E-state index contributed by atoms with van der Waals surface area (Å²) in [6.45, 7) is 8.87. The number of hydrogen-bond donors (Lipinski definition) is 0. The molecule has 0 saturated carbocycles. The van der Waals surface area contributed by atoms with Crippen LogP contribution in [-0.4, -0.2) is 30.3 Å². The number of aromatic nitrogens is 1. The van der Waals surface area contributed by atoms with Crippen LogP contribution in [0.1, 0.15) is 50.6 Å². The SMILES string of the molecule is CCOC(=O)C(C)(C)Oc1ccc(OC(C)c2ccc(-c3ccc(C(F)(F)F)cc3)nc2C)cc1OC. The first-order valence-electron chi connectivity index (χ1n) is 11.7. The van der Waals surface area contributed by atoms with Crippen LogP contribution >= 0.6 is 0 Å². The van der Waals surface area contributed by atoms with E-state index in [0.29, 0.717) is 34.2 Å². The number of methoxy groups -OCH3 is 1. The summed E-state index contributed by atoms with van der Waals surface area (Å²) < 4.78 is 61.0. The van der Waals surface area contributed by atoms with Gasteiger partial charge in [0, 0.05) is 22.9 Å². The van der Waals surface area contributed by atoms with E-state index in [0.717, 1.165) is 17.7 Å². The molecule has 0 bridgehead atoms. The van der Waals surface area contributed by atoms with Gasteiger partial charge in [-0.05, 0) is 65.0 Å². The predicted molar refractivity (Wildman–Crippen MR) is 133 cm³/mol. The fraction of sp³-hybridized carbons (Fsp3) is 0.357. The Morgan fingerprint density at radius 1 is 1.00 bits per heavy atom. The Bertz CT molecular complexity index is 1240. The highest BCUT2D eigenvalue weighted by Gasteiger charge is 2.33. The average Bonchev–Trinajstić information content (AvgIpc) is 2.84. The normalized spacial score (nSPS) is 12.6.